The van der Waals surface area contributed by atoms with Crippen LogP contribution < -0.4 is 10.0 Å². The fourth-order valence-corrected chi connectivity index (χ4v) is 2.22. The summed E-state index contributed by atoms with van der Waals surface area (Å²) < 4.78 is 30.0. The molecule has 98 valence electrons. The van der Waals surface area contributed by atoms with Gasteiger partial charge in [-0.2, -0.15) is 4.98 Å². The first-order chi connectivity index (χ1) is 8.14. The molecule has 0 aliphatic carbocycles. The van der Waals surface area contributed by atoms with Gasteiger partial charge in [0.1, 0.15) is 0 Å². The van der Waals surface area contributed by atoms with E-state index in [2.05, 4.69) is 31.6 Å². The van der Waals surface area contributed by atoms with Gasteiger partial charge >= 0.3 is 0 Å². The number of nitrogens with one attached hydrogen (secondary N) is 2. The van der Waals surface area contributed by atoms with Crippen LogP contribution in [0.5, 0.6) is 0 Å². The molecule has 7 nitrogen and oxygen atoms in total. The SMILES string of the molecule is CCCNCCCS(=O)(=O)NCc1ncon1. The molecule has 0 bridgehead atoms. The molecule has 8 heteroatoms. The molecule has 17 heavy (non-hydrogen) atoms. The Morgan fingerprint density at radius 3 is 2.88 bits per heavy atom. The minimum Gasteiger partial charge on any atom is -0.343 e. The van der Waals surface area contributed by atoms with Gasteiger partial charge in [-0.3, -0.25) is 0 Å². The molecule has 1 heterocycles. The third-order valence-electron chi connectivity index (χ3n) is 2.05. The Balaban J connectivity index is 2.17. The van der Waals surface area contributed by atoms with Gasteiger partial charge in [0.05, 0.1) is 12.3 Å². The lowest BCUT2D eigenvalue weighted by molar-refractivity contribution is 0.409. The Bertz CT molecular complexity index is 390. The predicted octanol–water partition coefficient (Wildman–Crippen LogP) is -0.121. The van der Waals surface area contributed by atoms with Gasteiger partial charge in [0.15, 0.2) is 5.82 Å². The molecule has 0 spiro atoms. The normalized spacial score (nSPS) is 11.8. The van der Waals surface area contributed by atoms with E-state index in [0.29, 0.717) is 18.8 Å². The molecular weight excluding hydrogens is 244 g/mol. The standard InChI is InChI=1S/C9H18N4O3S/c1-2-4-10-5-3-6-17(14,15)12-7-9-11-8-16-13-9/h8,10,12H,2-7H2,1H3. The fourth-order valence-electron chi connectivity index (χ4n) is 1.21. The van der Waals surface area contributed by atoms with Gasteiger partial charge in [0, 0.05) is 0 Å². The van der Waals surface area contributed by atoms with Crippen molar-refractivity contribution in [2.45, 2.75) is 26.3 Å². The molecule has 0 saturated carbocycles. The molecule has 0 aliphatic heterocycles. The summed E-state index contributed by atoms with van der Waals surface area (Å²) in [6, 6.07) is 0. The molecule has 1 rings (SSSR count). The summed E-state index contributed by atoms with van der Waals surface area (Å²) in [7, 11) is -3.26. The highest BCUT2D eigenvalue weighted by molar-refractivity contribution is 7.89. The quantitative estimate of drug-likeness (QED) is 0.602. The minimum atomic E-state index is -3.26. The zero-order chi connectivity index (χ0) is 12.6. The zero-order valence-electron chi connectivity index (χ0n) is 9.85. The topological polar surface area (TPSA) is 97.1 Å². The Morgan fingerprint density at radius 2 is 2.24 bits per heavy atom. The maximum Gasteiger partial charge on any atom is 0.213 e. The summed E-state index contributed by atoms with van der Waals surface area (Å²) >= 11 is 0. The lowest BCUT2D eigenvalue weighted by atomic mass is 10.4. The van der Waals surface area contributed by atoms with Crippen molar-refractivity contribution in [2.24, 2.45) is 0 Å². The van der Waals surface area contributed by atoms with Crippen LogP contribution in [-0.2, 0) is 16.6 Å². The summed E-state index contributed by atoms with van der Waals surface area (Å²) in [5.41, 5.74) is 0. The van der Waals surface area contributed by atoms with Gasteiger partial charge < -0.3 is 9.84 Å². The zero-order valence-corrected chi connectivity index (χ0v) is 10.7. The van der Waals surface area contributed by atoms with Crippen molar-refractivity contribution in [3.63, 3.8) is 0 Å². The molecule has 0 fully saturated rings. The molecule has 1 aromatic heterocycles. The number of nitrogens with zero attached hydrogens (tertiary/aromatic N) is 2. The summed E-state index contributed by atoms with van der Waals surface area (Å²) in [6.45, 7) is 3.75. The lowest BCUT2D eigenvalue weighted by Crippen LogP contribution is -2.28. The summed E-state index contributed by atoms with van der Waals surface area (Å²) in [5, 5.41) is 6.66. The summed E-state index contributed by atoms with van der Waals surface area (Å²) in [4.78, 5) is 3.72. The second-order valence-corrected chi connectivity index (χ2v) is 5.52. The van der Waals surface area contributed by atoms with E-state index >= 15 is 0 Å². The van der Waals surface area contributed by atoms with Crippen LogP contribution in [0.15, 0.2) is 10.9 Å². The van der Waals surface area contributed by atoms with E-state index in [1.54, 1.807) is 0 Å². The highest BCUT2D eigenvalue weighted by Gasteiger charge is 2.10. The smallest absolute Gasteiger partial charge is 0.213 e. The Morgan fingerprint density at radius 1 is 1.41 bits per heavy atom. The average molecular weight is 262 g/mol. The molecule has 0 amide bonds. The van der Waals surface area contributed by atoms with Crippen LogP contribution in [-0.4, -0.2) is 37.4 Å². The molecule has 0 unspecified atom stereocenters. The van der Waals surface area contributed by atoms with Crippen molar-refractivity contribution in [1.29, 1.82) is 0 Å². The number of hydrogen-bond donors (Lipinski definition) is 2. The second-order valence-electron chi connectivity index (χ2n) is 3.59. The fraction of sp³-hybridized carbons (Fsp3) is 0.778. The Hall–Kier alpha value is -0.990. The maximum absolute atomic E-state index is 11.5. The number of hydrogen-bond acceptors (Lipinski definition) is 6. The largest absolute Gasteiger partial charge is 0.343 e. The van der Waals surface area contributed by atoms with E-state index in [1.807, 2.05) is 0 Å². The van der Waals surface area contributed by atoms with E-state index in [1.165, 1.54) is 0 Å². The lowest BCUT2D eigenvalue weighted by Gasteiger charge is -2.05. The van der Waals surface area contributed by atoms with E-state index in [-0.39, 0.29) is 12.3 Å². The molecule has 0 saturated heterocycles. The Kier molecular flexibility index (Phi) is 6.09. The van der Waals surface area contributed by atoms with Crippen molar-refractivity contribution in [3.05, 3.63) is 12.2 Å². The van der Waals surface area contributed by atoms with E-state index in [0.717, 1.165) is 19.4 Å². The van der Waals surface area contributed by atoms with Crippen molar-refractivity contribution in [3.8, 4) is 0 Å². The monoisotopic (exact) mass is 262 g/mol. The first kappa shape index (κ1) is 14.1. The average Bonchev–Trinajstić information content (AvgIpc) is 2.79. The van der Waals surface area contributed by atoms with E-state index < -0.39 is 10.0 Å². The second kappa shape index (κ2) is 7.36. The van der Waals surface area contributed by atoms with Gasteiger partial charge in [-0.25, -0.2) is 13.1 Å². The third kappa shape index (κ3) is 6.35. The molecule has 2 N–H and O–H groups in total. The van der Waals surface area contributed by atoms with Crippen LogP contribution >= 0.6 is 0 Å². The molecule has 0 atom stereocenters. The van der Waals surface area contributed by atoms with Crippen LogP contribution in [0.25, 0.3) is 0 Å². The van der Waals surface area contributed by atoms with Crippen LogP contribution in [0.1, 0.15) is 25.6 Å². The van der Waals surface area contributed by atoms with Crippen LogP contribution in [0.4, 0.5) is 0 Å². The highest BCUT2D eigenvalue weighted by atomic mass is 32.2. The van der Waals surface area contributed by atoms with Crippen molar-refractivity contribution >= 4 is 10.0 Å². The minimum absolute atomic E-state index is 0.0707. The van der Waals surface area contributed by atoms with Crippen molar-refractivity contribution in [1.82, 2.24) is 20.2 Å². The Labute approximate surface area is 101 Å². The van der Waals surface area contributed by atoms with Gasteiger partial charge in [0.2, 0.25) is 16.4 Å². The number of rotatable bonds is 9. The van der Waals surface area contributed by atoms with Crippen molar-refractivity contribution in [2.75, 3.05) is 18.8 Å². The van der Waals surface area contributed by atoms with E-state index in [9.17, 15) is 8.42 Å². The van der Waals surface area contributed by atoms with Gasteiger partial charge in [-0.15, -0.1) is 0 Å². The maximum atomic E-state index is 11.5. The van der Waals surface area contributed by atoms with Crippen LogP contribution in [0.3, 0.4) is 0 Å². The first-order valence-electron chi connectivity index (χ1n) is 5.57. The summed E-state index contributed by atoms with van der Waals surface area (Å²) in [6.07, 6.45) is 2.79. The third-order valence-corrected chi connectivity index (χ3v) is 3.46. The summed E-state index contributed by atoms with van der Waals surface area (Å²) in [5.74, 6) is 0.430. The molecule has 1 aromatic rings. The highest BCUT2D eigenvalue weighted by Crippen LogP contribution is 1.93. The molecule has 0 radical (unpaired) electrons. The number of aromatic nitrogens is 2. The van der Waals surface area contributed by atoms with E-state index in [4.69, 9.17) is 0 Å². The first-order valence-corrected chi connectivity index (χ1v) is 7.22. The van der Waals surface area contributed by atoms with Gasteiger partial charge in [-0.1, -0.05) is 12.1 Å². The van der Waals surface area contributed by atoms with Gasteiger partial charge in [-0.05, 0) is 25.9 Å². The molecule has 0 aromatic carbocycles. The van der Waals surface area contributed by atoms with Crippen molar-refractivity contribution < 1.29 is 12.9 Å². The van der Waals surface area contributed by atoms with Gasteiger partial charge in [0.25, 0.3) is 0 Å². The predicted molar refractivity (Wildman–Crippen MR) is 62.7 cm³/mol. The number of sulfonamides is 1. The molecular formula is C9H18N4O3S. The van der Waals surface area contributed by atoms with Crippen LogP contribution in [0, 0.1) is 0 Å². The van der Waals surface area contributed by atoms with Crippen LogP contribution in [0.2, 0.25) is 0 Å². The molecule has 0 aliphatic rings.